The van der Waals surface area contributed by atoms with E-state index in [-0.39, 0.29) is 10.6 Å². The Labute approximate surface area is 171 Å². The van der Waals surface area contributed by atoms with Crippen LogP contribution in [0.4, 0.5) is 5.69 Å². The van der Waals surface area contributed by atoms with Gasteiger partial charge in [0.15, 0.2) is 0 Å². The Bertz CT molecular complexity index is 1010. The maximum atomic E-state index is 12.8. The van der Waals surface area contributed by atoms with Crippen molar-refractivity contribution < 1.29 is 16.8 Å². The second kappa shape index (κ2) is 8.82. The molecule has 0 saturated carbocycles. The molecule has 1 aliphatic heterocycles. The molecule has 1 saturated heterocycles. The van der Waals surface area contributed by atoms with E-state index in [4.69, 9.17) is 11.6 Å². The van der Waals surface area contributed by atoms with Crippen molar-refractivity contribution in [3.05, 3.63) is 59.1 Å². The normalized spacial score (nSPS) is 16.5. The monoisotopic (exact) mass is 442 g/mol. The number of halogens is 1. The lowest BCUT2D eigenvalue weighted by molar-refractivity contribution is 0.424. The number of hydrogen-bond acceptors (Lipinski definition) is 4. The molecule has 0 radical (unpaired) electrons. The second-order valence-corrected chi connectivity index (χ2v) is 10.9. The van der Waals surface area contributed by atoms with Crippen LogP contribution in [0.2, 0.25) is 5.02 Å². The number of sulfonamides is 2. The van der Waals surface area contributed by atoms with Crippen molar-refractivity contribution in [2.45, 2.75) is 36.3 Å². The molecule has 0 atom stereocenters. The quantitative estimate of drug-likeness (QED) is 0.736. The fraction of sp³-hybridized carbons (Fsp3) is 0.368. The van der Waals surface area contributed by atoms with Crippen LogP contribution < -0.4 is 4.72 Å². The second-order valence-electron chi connectivity index (χ2n) is 6.80. The van der Waals surface area contributed by atoms with Gasteiger partial charge in [0.25, 0.3) is 0 Å². The van der Waals surface area contributed by atoms with Gasteiger partial charge in [-0.25, -0.2) is 16.8 Å². The van der Waals surface area contributed by atoms with E-state index in [2.05, 4.69) is 4.72 Å². The summed E-state index contributed by atoms with van der Waals surface area (Å²) >= 11 is 6.03. The summed E-state index contributed by atoms with van der Waals surface area (Å²) in [7, 11) is -7.24. The van der Waals surface area contributed by atoms with Gasteiger partial charge in [0.1, 0.15) is 0 Å². The Morgan fingerprint density at radius 2 is 1.46 bits per heavy atom. The van der Waals surface area contributed by atoms with E-state index in [1.54, 1.807) is 24.3 Å². The maximum absolute atomic E-state index is 12.8. The van der Waals surface area contributed by atoms with Gasteiger partial charge in [0.2, 0.25) is 20.0 Å². The van der Waals surface area contributed by atoms with Gasteiger partial charge in [-0.3, -0.25) is 4.72 Å². The van der Waals surface area contributed by atoms with Gasteiger partial charge in [-0.05, 0) is 48.7 Å². The van der Waals surface area contributed by atoms with E-state index in [0.29, 0.717) is 29.4 Å². The minimum atomic E-state index is -3.68. The smallest absolute Gasteiger partial charge is 0.243 e. The number of benzene rings is 2. The third-order valence-electron chi connectivity index (χ3n) is 4.63. The highest BCUT2D eigenvalue weighted by molar-refractivity contribution is 7.92. The fourth-order valence-corrected chi connectivity index (χ4v) is 6.19. The van der Waals surface area contributed by atoms with E-state index >= 15 is 0 Å². The van der Waals surface area contributed by atoms with Crippen molar-refractivity contribution in [2.75, 3.05) is 17.8 Å². The molecule has 1 fully saturated rings. The molecule has 9 heteroatoms. The van der Waals surface area contributed by atoms with Gasteiger partial charge in [0, 0.05) is 23.8 Å². The van der Waals surface area contributed by atoms with Gasteiger partial charge in [-0.15, -0.1) is 0 Å². The van der Waals surface area contributed by atoms with E-state index in [1.165, 1.54) is 28.6 Å². The third-order valence-corrected chi connectivity index (χ3v) is 8.15. The van der Waals surface area contributed by atoms with E-state index in [1.807, 2.05) is 0 Å². The van der Waals surface area contributed by atoms with Crippen LogP contribution >= 0.6 is 11.6 Å². The molecule has 2 aromatic carbocycles. The Hall–Kier alpha value is -1.61. The molecular weight excluding hydrogens is 420 g/mol. The molecule has 0 unspecified atom stereocenters. The van der Waals surface area contributed by atoms with Crippen LogP contribution in [0.5, 0.6) is 0 Å². The number of nitrogens with one attached hydrogen (secondary N) is 1. The summed E-state index contributed by atoms with van der Waals surface area (Å²) in [5.74, 6) is -0.263. The van der Waals surface area contributed by atoms with Gasteiger partial charge < -0.3 is 0 Å². The van der Waals surface area contributed by atoms with Crippen LogP contribution in [0.25, 0.3) is 0 Å². The number of anilines is 1. The third kappa shape index (κ3) is 5.26. The van der Waals surface area contributed by atoms with Crippen molar-refractivity contribution >= 4 is 37.3 Å². The van der Waals surface area contributed by atoms with Crippen molar-refractivity contribution in [3.63, 3.8) is 0 Å². The van der Waals surface area contributed by atoms with Crippen LogP contribution in [0.1, 0.15) is 31.2 Å². The largest absolute Gasteiger partial charge is 0.283 e. The maximum Gasteiger partial charge on any atom is 0.243 e. The molecule has 1 aliphatic rings. The van der Waals surface area contributed by atoms with E-state index < -0.39 is 20.0 Å². The fourth-order valence-electron chi connectivity index (χ4n) is 3.16. The van der Waals surface area contributed by atoms with E-state index in [0.717, 1.165) is 25.7 Å². The summed E-state index contributed by atoms with van der Waals surface area (Å²) in [6.07, 6.45) is 3.80. The Kier molecular flexibility index (Phi) is 6.65. The first-order valence-corrected chi connectivity index (χ1v) is 12.6. The molecule has 28 heavy (non-hydrogen) atoms. The molecule has 0 aromatic heterocycles. The van der Waals surface area contributed by atoms with E-state index in [9.17, 15) is 16.8 Å². The van der Waals surface area contributed by atoms with Crippen LogP contribution in [0.15, 0.2) is 53.4 Å². The van der Waals surface area contributed by atoms with Crippen LogP contribution in [-0.2, 0) is 25.8 Å². The summed E-state index contributed by atoms with van der Waals surface area (Å²) < 4.78 is 54.3. The zero-order valence-corrected chi connectivity index (χ0v) is 17.7. The highest BCUT2D eigenvalue weighted by atomic mass is 35.5. The number of nitrogens with zero attached hydrogens (tertiary/aromatic N) is 1. The van der Waals surface area contributed by atoms with Crippen LogP contribution in [0, 0.1) is 0 Å². The molecule has 3 rings (SSSR count). The Balaban J connectivity index is 1.72. The molecule has 6 nitrogen and oxygen atoms in total. The molecule has 0 aliphatic carbocycles. The molecule has 0 bridgehead atoms. The van der Waals surface area contributed by atoms with Gasteiger partial charge >= 0.3 is 0 Å². The van der Waals surface area contributed by atoms with Crippen LogP contribution in [0.3, 0.4) is 0 Å². The summed E-state index contributed by atoms with van der Waals surface area (Å²) in [6, 6.07) is 12.5. The average molecular weight is 443 g/mol. The summed E-state index contributed by atoms with van der Waals surface area (Å²) in [5, 5.41) is 0.381. The standard InChI is InChI=1S/C19H23ClN2O4S2/c20-19-8-4-3-7-16(19)15-27(23,24)21-17-9-11-18(12-10-17)28(25,26)22-13-5-1-2-6-14-22/h3-4,7-12,21H,1-2,5-6,13-15H2. The lowest BCUT2D eigenvalue weighted by atomic mass is 10.2. The van der Waals surface area contributed by atoms with Crippen molar-refractivity contribution in [1.29, 1.82) is 0 Å². The lowest BCUT2D eigenvalue weighted by Gasteiger charge is -2.20. The van der Waals surface area contributed by atoms with Gasteiger partial charge in [-0.1, -0.05) is 42.6 Å². The molecule has 1 heterocycles. The first-order valence-electron chi connectivity index (χ1n) is 9.12. The molecular formula is C19H23ClN2O4S2. The SMILES string of the molecule is O=S(=O)(Cc1ccccc1Cl)Nc1ccc(S(=O)(=O)N2CCCCCC2)cc1. The number of hydrogen-bond donors (Lipinski definition) is 1. The topological polar surface area (TPSA) is 83.5 Å². The predicted octanol–water partition coefficient (Wildman–Crippen LogP) is 3.85. The molecule has 0 spiro atoms. The van der Waals surface area contributed by atoms with Crippen molar-refractivity contribution in [1.82, 2.24) is 4.31 Å². The zero-order chi connectivity index (χ0) is 20.2. The minimum absolute atomic E-state index is 0.170. The van der Waals surface area contributed by atoms with Crippen molar-refractivity contribution in [2.24, 2.45) is 0 Å². The predicted molar refractivity (Wildman–Crippen MR) is 111 cm³/mol. The first kappa shape index (κ1) is 21.1. The lowest BCUT2D eigenvalue weighted by Crippen LogP contribution is -2.31. The first-order chi connectivity index (χ1) is 13.3. The van der Waals surface area contributed by atoms with Gasteiger partial charge in [0.05, 0.1) is 10.6 Å². The average Bonchev–Trinajstić information content (AvgIpc) is 2.94. The molecule has 1 N–H and O–H groups in total. The van der Waals surface area contributed by atoms with Crippen LogP contribution in [-0.4, -0.2) is 34.2 Å². The zero-order valence-electron chi connectivity index (χ0n) is 15.3. The van der Waals surface area contributed by atoms with Gasteiger partial charge in [-0.2, -0.15) is 4.31 Å². The summed E-state index contributed by atoms with van der Waals surface area (Å²) in [5.41, 5.74) is 0.805. The Morgan fingerprint density at radius 3 is 2.07 bits per heavy atom. The highest BCUT2D eigenvalue weighted by Crippen LogP contribution is 2.23. The Morgan fingerprint density at radius 1 is 0.857 bits per heavy atom. The highest BCUT2D eigenvalue weighted by Gasteiger charge is 2.25. The molecule has 152 valence electrons. The minimum Gasteiger partial charge on any atom is -0.283 e. The summed E-state index contributed by atoms with van der Waals surface area (Å²) in [6.45, 7) is 1.04. The summed E-state index contributed by atoms with van der Waals surface area (Å²) in [4.78, 5) is 0.170. The van der Waals surface area contributed by atoms with Crippen molar-refractivity contribution in [3.8, 4) is 0 Å². The molecule has 2 aromatic rings. The molecule has 0 amide bonds. The number of rotatable bonds is 6.